The maximum atomic E-state index is 12.0. The molecule has 0 aliphatic rings. The van der Waals surface area contributed by atoms with Crippen LogP contribution in [0.25, 0.3) is 0 Å². The van der Waals surface area contributed by atoms with E-state index in [1.54, 1.807) is 25.1 Å². The highest BCUT2D eigenvalue weighted by molar-refractivity contribution is 6.30. The zero-order chi connectivity index (χ0) is 15.4. The molecule has 0 radical (unpaired) electrons. The van der Waals surface area contributed by atoms with Gasteiger partial charge >= 0.3 is 0 Å². The van der Waals surface area contributed by atoms with Crippen molar-refractivity contribution < 1.29 is 9.72 Å². The number of carbonyl (C=O) groups is 1. The number of amides is 1. The Morgan fingerprint density at radius 1 is 1.38 bits per heavy atom. The fourth-order valence-corrected chi connectivity index (χ4v) is 1.95. The van der Waals surface area contributed by atoms with E-state index in [2.05, 4.69) is 10.3 Å². The van der Waals surface area contributed by atoms with Gasteiger partial charge in [0.05, 0.1) is 11.0 Å². The van der Waals surface area contributed by atoms with Crippen molar-refractivity contribution in [3.63, 3.8) is 0 Å². The quantitative estimate of drug-likeness (QED) is 0.694. The van der Waals surface area contributed by atoms with Gasteiger partial charge in [-0.3, -0.25) is 19.9 Å². The minimum Gasteiger partial charge on any atom is -0.344 e. The topological polar surface area (TPSA) is 85.1 Å². The van der Waals surface area contributed by atoms with E-state index in [0.29, 0.717) is 10.6 Å². The molecule has 1 unspecified atom stereocenters. The van der Waals surface area contributed by atoms with Gasteiger partial charge in [-0.05, 0) is 24.6 Å². The van der Waals surface area contributed by atoms with Crippen molar-refractivity contribution in [1.29, 1.82) is 0 Å². The van der Waals surface area contributed by atoms with E-state index in [0.717, 1.165) is 0 Å². The van der Waals surface area contributed by atoms with Crippen LogP contribution in [0.15, 0.2) is 42.6 Å². The Bertz CT molecular complexity index is 691. The molecule has 1 aromatic heterocycles. The zero-order valence-electron chi connectivity index (χ0n) is 11.1. The number of carbonyl (C=O) groups excluding carboxylic acids is 1. The number of rotatable bonds is 4. The second kappa shape index (κ2) is 6.32. The minimum atomic E-state index is -0.476. The summed E-state index contributed by atoms with van der Waals surface area (Å²) in [6, 6.07) is 8.75. The number of pyridine rings is 1. The van der Waals surface area contributed by atoms with Crippen LogP contribution in [0.4, 0.5) is 5.69 Å². The molecule has 1 heterocycles. The van der Waals surface area contributed by atoms with Crippen molar-refractivity contribution in [1.82, 2.24) is 10.3 Å². The van der Waals surface area contributed by atoms with Gasteiger partial charge < -0.3 is 5.32 Å². The molecular weight excluding hydrogens is 294 g/mol. The lowest BCUT2D eigenvalue weighted by Gasteiger charge is -2.13. The van der Waals surface area contributed by atoms with E-state index in [-0.39, 0.29) is 11.4 Å². The Hall–Kier alpha value is -2.47. The fraction of sp³-hybridized carbons (Fsp3) is 0.143. The predicted molar refractivity (Wildman–Crippen MR) is 78.2 cm³/mol. The molecule has 0 aliphatic carbocycles. The first-order chi connectivity index (χ1) is 9.97. The second-order valence-electron chi connectivity index (χ2n) is 4.41. The number of hydrogen-bond acceptors (Lipinski definition) is 4. The van der Waals surface area contributed by atoms with Crippen LogP contribution in [-0.2, 0) is 0 Å². The molecule has 1 N–H and O–H groups in total. The van der Waals surface area contributed by atoms with Crippen LogP contribution in [-0.4, -0.2) is 15.8 Å². The van der Waals surface area contributed by atoms with Gasteiger partial charge in [0, 0.05) is 23.4 Å². The Kier molecular flexibility index (Phi) is 4.49. The normalized spacial score (nSPS) is 11.7. The molecule has 1 atom stereocenters. The molecule has 0 saturated heterocycles. The maximum Gasteiger partial charge on any atom is 0.270 e. The van der Waals surface area contributed by atoms with E-state index in [1.807, 2.05) is 0 Å². The van der Waals surface area contributed by atoms with Crippen LogP contribution in [0.1, 0.15) is 29.0 Å². The van der Waals surface area contributed by atoms with Gasteiger partial charge in [0.15, 0.2) is 0 Å². The summed E-state index contributed by atoms with van der Waals surface area (Å²) in [5.74, 6) is -0.392. The number of nitro benzene ring substituents is 1. The summed E-state index contributed by atoms with van der Waals surface area (Å²) in [6.45, 7) is 1.74. The van der Waals surface area contributed by atoms with Crippen molar-refractivity contribution in [2.75, 3.05) is 0 Å². The first-order valence-corrected chi connectivity index (χ1v) is 6.52. The van der Waals surface area contributed by atoms with Crippen LogP contribution in [0.5, 0.6) is 0 Å². The molecule has 0 bridgehead atoms. The van der Waals surface area contributed by atoms with Crippen LogP contribution >= 0.6 is 11.6 Å². The summed E-state index contributed by atoms with van der Waals surface area (Å²) >= 11 is 5.80. The third kappa shape index (κ3) is 3.76. The molecular formula is C14H12ClN3O3. The Labute approximate surface area is 125 Å². The Balaban J connectivity index is 2.14. The SMILES string of the molecule is CC(NC(=O)c1cc(Cl)ccn1)c1cccc([N+](=O)[O-])c1. The minimum absolute atomic E-state index is 0.0190. The van der Waals surface area contributed by atoms with Crippen LogP contribution in [0.3, 0.4) is 0 Å². The van der Waals surface area contributed by atoms with E-state index in [4.69, 9.17) is 11.6 Å². The average Bonchev–Trinajstić information content (AvgIpc) is 2.47. The summed E-state index contributed by atoms with van der Waals surface area (Å²) in [5, 5.41) is 13.9. The maximum absolute atomic E-state index is 12.0. The van der Waals surface area contributed by atoms with E-state index in [1.165, 1.54) is 24.4 Å². The molecule has 2 rings (SSSR count). The van der Waals surface area contributed by atoms with Gasteiger partial charge in [0.1, 0.15) is 5.69 Å². The summed E-state index contributed by atoms with van der Waals surface area (Å²) < 4.78 is 0. The number of nitro groups is 1. The number of aromatic nitrogens is 1. The summed E-state index contributed by atoms with van der Waals surface area (Å²) in [6.07, 6.45) is 1.44. The first kappa shape index (κ1) is 14.9. The molecule has 0 spiro atoms. The third-order valence-electron chi connectivity index (χ3n) is 2.88. The molecule has 21 heavy (non-hydrogen) atoms. The smallest absolute Gasteiger partial charge is 0.270 e. The van der Waals surface area contributed by atoms with Crippen LogP contribution in [0.2, 0.25) is 5.02 Å². The molecule has 6 nitrogen and oxygen atoms in total. The van der Waals surface area contributed by atoms with Crippen LogP contribution < -0.4 is 5.32 Å². The van der Waals surface area contributed by atoms with Gasteiger partial charge in [-0.2, -0.15) is 0 Å². The molecule has 1 amide bonds. The first-order valence-electron chi connectivity index (χ1n) is 6.14. The standard InChI is InChI=1S/C14H12ClN3O3/c1-9(10-3-2-4-12(7-10)18(20)21)17-14(19)13-8-11(15)5-6-16-13/h2-9H,1H3,(H,17,19). The molecule has 1 aromatic carbocycles. The second-order valence-corrected chi connectivity index (χ2v) is 4.84. The van der Waals surface area contributed by atoms with Gasteiger partial charge in [-0.25, -0.2) is 0 Å². The van der Waals surface area contributed by atoms with E-state index < -0.39 is 16.9 Å². The number of non-ortho nitro benzene ring substituents is 1. The Morgan fingerprint density at radius 2 is 2.14 bits per heavy atom. The van der Waals surface area contributed by atoms with E-state index >= 15 is 0 Å². The zero-order valence-corrected chi connectivity index (χ0v) is 11.9. The molecule has 0 aliphatic heterocycles. The Morgan fingerprint density at radius 3 is 2.81 bits per heavy atom. The van der Waals surface area contributed by atoms with Gasteiger partial charge in [-0.1, -0.05) is 23.7 Å². The average molecular weight is 306 g/mol. The highest BCUT2D eigenvalue weighted by Gasteiger charge is 2.15. The third-order valence-corrected chi connectivity index (χ3v) is 3.12. The molecule has 7 heteroatoms. The van der Waals surface area contributed by atoms with Crippen molar-refractivity contribution >= 4 is 23.2 Å². The molecule has 108 valence electrons. The molecule has 0 saturated carbocycles. The lowest BCUT2D eigenvalue weighted by molar-refractivity contribution is -0.384. The summed E-state index contributed by atoms with van der Waals surface area (Å²) in [7, 11) is 0. The van der Waals surface area contributed by atoms with E-state index in [9.17, 15) is 14.9 Å². The van der Waals surface area contributed by atoms with Gasteiger partial charge in [-0.15, -0.1) is 0 Å². The monoisotopic (exact) mass is 305 g/mol. The highest BCUT2D eigenvalue weighted by Crippen LogP contribution is 2.19. The number of halogens is 1. The van der Waals surface area contributed by atoms with Gasteiger partial charge in [0.2, 0.25) is 0 Å². The summed E-state index contributed by atoms with van der Waals surface area (Å²) in [4.78, 5) is 26.2. The predicted octanol–water partition coefficient (Wildman–Crippen LogP) is 3.13. The lowest BCUT2D eigenvalue weighted by Crippen LogP contribution is -2.27. The number of hydrogen-bond donors (Lipinski definition) is 1. The highest BCUT2D eigenvalue weighted by atomic mass is 35.5. The largest absolute Gasteiger partial charge is 0.344 e. The van der Waals surface area contributed by atoms with Crippen molar-refractivity contribution in [3.05, 3.63) is 69.0 Å². The molecule has 2 aromatic rings. The number of nitrogens with one attached hydrogen (secondary N) is 1. The number of benzene rings is 1. The summed E-state index contributed by atoms with van der Waals surface area (Å²) in [5.41, 5.74) is 0.814. The number of nitrogens with zero attached hydrogens (tertiary/aromatic N) is 2. The molecule has 0 fully saturated rings. The van der Waals surface area contributed by atoms with Crippen LogP contribution in [0, 0.1) is 10.1 Å². The lowest BCUT2D eigenvalue weighted by atomic mass is 10.1. The fourth-order valence-electron chi connectivity index (χ4n) is 1.79. The van der Waals surface area contributed by atoms with Crippen molar-refractivity contribution in [2.45, 2.75) is 13.0 Å². The van der Waals surface area contributed by atoms with Gasteiger partial charge in [0.25, 0.3) is 11.6 Å². The van der Waals surface area contributed by atoms with Crippen molar-refractivity contribution in [3.8, 4) is 0 Å². The van der Waals surface area contributed by atoms with Crippen molar-refractivity contribution in [2.24, 2.45) is 0 Å².